The van der Waals surface area contributed by atoms with Gasteiger partial charge < -0.3 is 11.1 Å². The Kier molecular flexibility index (Phi) is 2.31. The highest BCUT2D eigenvalue weighted by Gasteiger charge is 2.22. The Hall–Kier alpha value is -1.52. The number of nitrogens with two attached hydrogens (primary N) is 1. The summed E-state index contributed by atoms with van der Waals surface area (Å²) in [5.74, 6) is 0.549. The molecule has 2 aliphatic rings. The van der Waals surface area contributed by atoms with Crippen LogP contribution in [0.1, 0.15) is 43.3 Å². The van der Waals surface area contributed by atoms with Gasteiger partial charge in [0.25, 0.3) is 0 Å². The van der Waals surface area contributed by atoms with E-state index in [4.69, 9.17) is 5.73 Å². The molecule has 0 spiro atoms. The molecule has 0 amide bonds. The zero-order valence-corrected chi connectivity index (χ0v) is 9.26. The molecule has 3 rings (SSSR count). The molecule has 1 aliphatic carbocycles. The Bertz CT molecular complexity index is 404. The molecule has 5 nitrogen and oxygen atoms in total. The lowest BCUT2D eigenvalue weighted by molar-refractivity contribution is 0.289. The fourth-order valence-corrected chi connectivity index (χ4v) is 2.24. The molecule has 1 fully saturated rings. The molecule has 0 aromatic carbocycles. The topological polar surface area (TPSA) is 68.2 Å². The summed E-state index contributed by atoms with van der Waals surface area (Å²) in [4.78, 5) is 4.13. The molecule has 3 N–H and O–H groups in total. The fraction of sp³-hybridized carbons (Fsp3) is 0.636. The van der Waals surface area contributed by atoms with E-state index in [0.717, 1.165) is 13.0 Å². The highest BCUT2D eigenvalue weighted by molar-refractivity contribution is 5.78. The van der Waals surface area contributed by atoms with E-state index < -0.39 is 0 Å². The first kappa shape index (κ1) is 9.69. The molecule has 1 aliphatic heterocycles. The number of nitrogens with one attached hydrogen (secondary N) is 1. The van der Waals surface area contributed by atoms with E-state index in [9.17, 15) is 0 Å². The predicted molar refractivity (Wildman–Crippen MR) is 62.1 cm³/mol. The van der Waals surface area contributed by atoms with Gasteiger partial charge in [-0.05, 0) is 25.7 Å². The lowest BCUT2D eigenvalue weighted by atomic mass is 9.93. The van der Waals surface area contributed by atoms with Crippen LogP contribution in [0.25, 0.3) is 0 Å². The average molecular weight is 219 g/mol. The molecule has 1 unspecified atom stereocenters. The van der Waals surface area contributed by atoms with Crippen molar-refractivity contribution >= 4 is 5.96 Å². The van der Waals surface area contributed by atoms with Crippen molar-refractivity contribution in [3.8, 4) is 0 Å². The van der Waals surface area contributed by atoms with Crippen molar-refractivity contribution in [2.24, 2.45) is 10.7 Å². The molecule has 0 saturated heterocycles. The second-order valence-corrected chi connectivity index (χ2v) is 4.59. The summed E-state index contributed by atoms with van der Waals surface area (Å²) < 4.78 is 2.10. The van der Waals surface area contributed by atoms with Gasteiger partial charge in [-0.2, -0.15) is 5.10 Å². The van der Waals surface area contributed by atoms with Crippen molar-refractivity contribution in [1.82, 2.24) is 15.1 Å². The van der Waals surface area contributed by atoms with Gasteiger partial charge in [-0.25, -0.2) is 0 Å². The van der Waals surface area contributed by atoms with E-state index in [0.29, 0.717) is 12.0 Å². The summed E-state index contributed by atoms with van der Waals surface area (Å²) in [6.45, 7) is 0.804. The van der Waals surface area contributed by atoms with Gasteiger partial charge in [0, 0.05) is 18.3 Å². The fourth-order valence-electron chi connectivity index (χ4n) is 2.24. The van der Waals surface area contributed by atoms with Crippen molar-refractivity contribution in [3.05, 3.63) is 18.0 Å². The number of hydrogen-bond donors (Lipinski definition) is 2. The highest BCUT2D eigenvalue weighted by Crippen LogP contribution is 2.31. The largest absolute Gasteiger partial charge is 0.370 e. The Morgan fingerprint density at radius 1 is 1.38 bits per heavy atom. The van der Waals surface area contributed by atoms with Crippen LogP contribution in [0, 0.1) is 0 Å². The number of aliphatic imine (C=N–C) groups is 1. The van der Waals surface area contributed by atoms with Gasteiger partial charge in [0.05, 0.1) is 18.3 Å². The van der Waals surface area contributed by atoms with Gasteiger partial charge in [0.1, 0.15) is 0 Å². The minimum Gasteiger partial charge on any atom is -0.370 e. The Morgan fingerprint density at radius 2 is 2.25 bits per heavy atom. The number of guanidine groups is 1. The van der Waals surface area contributed by atoms with Crippen molar-refractivity contribution in [2.45, 2.75) is 37.8 Å². The third-order valence-corrected chi connectivity index (χ3v) is 3.49. The first-order valence-electron chi connectivity index (χ1n) is 5.93. The summed E-state index contributed by atoms with van der Waals surface area (Å²) in [6, 6.07) is 0.912. The van der Waals surface area contributed by atoms with Gasteiger partial charge in [0.15, 0.2) is 5.96 Å². The molecule has 0 bridgehead atoms. The summed E-state index contributed by atoms with van der Waals surface area (Å²) >= 11 is 0. The molecule has 0 radical (unpaired) electrons. The van der Waals surface area contributed by atoms with Crippen LogP contribution in [0.15, 0.2) is 17.4 Å². The molecule has 1 aromatic rings. The Labute approximate surface area is 94.7 Å². The molecular formula is C11H17N5. The molecule has 1 saturated carbocycles. The number of aromatic nitrogens is 2. The lowest BCUT2D eigenvalue weighted by Gasteiger charge is -2.26. The van der Waals surface area contributed by atoms with E-state index >= 15 is 0 Å². The van der Waals surface area contributed by atoms with E-state index in [-0.39, 0.29) is 6.04 Å². The van der Waals surface area contributed by atoms with Crippen LogP contribution in [-0.4, -0.2) is 22.3 Å². The van der Waals surface area contributed by atoms with Crippen LogP contribution in [0.5, 0.6) is 0 Å². The third kappa shape index (κ3) is 1.66. The van der Waals surface area contributed by atoms with Crippen LogP contribution in [0.2, 0.25) is 0 Å². The molecular weight excluding hydrogens is 202 g/mol. The van der Waals surface area contributed by atoms with Crippen molar-refractivity contribution < 1.29 is 0 Å². The SMILES string of the molecule is NC1=NCCC(c2cnn(C3CCC3)c2)N1. The smallest absolute Gasteiger partial charge is 0.189 e. The van der Waals surface area contributed by atoms with Gasteiger partial charge >= 0.3 is 0 Å². The second kappa shape index (κ2) is 3.81. The Morgan fingerprint density at radius 3 is 2.94 bits per heavy atom. The maximum atomic E-state index is 5.68. The maximum Gasteiger partial charge on any atom is 0.189 e. The van der Waals surface area contributed by atoms with Gasteiger partial charge in [-0.3, -0.25) is 9.67 Å². The number of rotatable bonds is 2. The van der Waals surface area contributed by atoms with Gasteiger partial charge in [-0.15, -0.1) is 0 Å². The van der Waals surface area contributed by atoms with E-state index in [1.165, 1.54) is 24.8 Å². The van der Waals surface area contributed by atoms with Crippen LogP contribution < -0.4 is 11.1 Å². The third-order valence-electron chi connectivity index (χ3n) is 3.49. The van der Waals surface area contributed by atoms with E-state index in [1.54, 1.807) is 0 Å². The van der Waals surface area contributed by atoms with Gasteiger partial charge in [0.2, 0.25) is 0 Å². The molecule has 1 atom stereocenters. The number of hydrogen-bond acceptors (Lipinski definition) is 4. The van der Waals surface area contributed by atoms with Crippen molar-refractivity contribution in [3.63, 3.8) is 0 Å². The predicted octanol–water partition coefficient (Wildman–Crippen LogP) is 0.957. The summed E-state index contributed by atoms with van der Waals surface area (Å²) in [5.41, 5.74) is 6.90. The first-order chi connectivity index (χ1) is 7.83. The molecule has 2 heterocycles. The van der Waals surface area contributed by atoms with Crippen molar-refractivity contribution in [1.29, 1.82) is 0 Å². The van der Waals surface area contributed by atoms with Crippen molar-refractivity contribution in [2.75, 3.05) is 6.54 Å². The van der Waals surface area contributed by atoms with E-state index in [1.807, 2.05) is 6.20 Å². The minimum absolute atomic E-state index is 0.284. The van der Waals surface area contributed by atoms with Crippen LogP contribution in [0.3, 0.4) is 0 Å². The van der Waals surface area contributed by atoms with E-state index in [2.05, 4.69) is 26.3 Å². The zero-order chi connectivity index (χ0) is 11.0. The maximum absolute atomic E-state index is 5.68. The molecule has 1 aromatic heterocycles. The Balaban J connectivity index is 1.74. The summed E-state index contributed by atoms with van der Waals surface area (Å²) in [7, 11) is 0. The summed E-state index contributed by atoms with van der Waals surface area (Å²) in [6.07, 6.45) is 8.97. The average Bonchev–Trinajstić information content (AvgIpc) is 2.64. The normalized spacial score (nSPS) is 25.8. The molecule has 5 heteroatoms. The molecule has 86 valence electrons. The lowest BCUT2D eigenvalue weighted by Crippen LogP contribution is -2.38. The quantitative estimate of drug-likeness (QED) is 0.778. The number of nitrogens with zero attached hydrogens (tertiary/aromatic N) is 3. The van der Waals surface area contributed by atoms with Crippen LogP contribution >= 0.6 is 0 Å². The van der Waals surface area contributed by atoms with Crippen LogP contribution in [0.4, 0.5) is 0 Å². The van der Waals surface area contributed by atoms with Crippen LogP contribution in [-0.2, 0) is 0 Å². The monoisotopic (exact) mass is 219 g/mol. The summed E-state index contributed by atoms with van der Waals surface area (Å²) in [5, 5.41) is 7.63. The minimum atomic E-state index is 0.284. The highest BCUT2D eigenvalue weighted by atomic mass is 15.3. The zero-order valence-electron chi connectivity index (χ0n) is 9.26. The molecule has 16 heavy (non-hydrogen) atoms. The first-order valence-corrected chi connectivity index (χ1v) is 5.93. The standard InChI is InChI=1S/C11H17N5/c12-11-13-5-4-10(15-11)8-6-14-16(7-8)9-2-1-3-9/h6-7,9-10H,1-5H2,(H3,12,13,15). The van der Waals surface area contributed by atoms with Gasteiger partial charge in [-0.1, -0.05) is 0 Å². The second-order valence-electron chi connectivity index (χ2n) is 4.59.